The summed E-state index contributed by atoms with van der Waals surface area (Å²) in [5.41, 5.74) is -0.915. The van der Waals surface area contributed by atoms with Crippen molar-refractivity contribution >= 4 is 23.8 Å². The minimum atomic E-state index is -0.915. The SMILES string of the molecule is CCC1(CC)NC(=O)N(CC(=O)N2CCCCC2CCC(=O)O)C1=O. The van der Waals surface area contributed by atoms with Gasteiger partial charge in [0.15, 0.2) is 0 Å². The molecule has 0 aromatic rings. The molecule has 8 nitrogen and oxygen atoms in total. The Balaban J connectivity index is 2.05. The first-order valence-electron chi connectivity index (χ1n) is 9.00. The lowest BCUT2D eigenvalue weighted by atomic mass is 9.93. The van der Waals surface area contributed by atoms with Crippen LogP contribution >= 0.6 is 0 Å². The minimum absolute atomic E-state index is 0.00631. The molecule has 2 rings (SSSR count). The molecule has 2 aliphatic rings. The van der Waals surface area contributed by atoms with Crippen molar-refractivity contribution in [1.29, 1.82) is 0 Å². The molecule has 2 aliphatic heterocycles. The van der Waals surface area contributed by atoms with Gasteiger partial charge in [0, 0.05) is 19.0 Å². The molecule has 0 radical (unpaired) electrons. The number of carbonyl (C=O) groups is 4. The summed E-state index contributed by atoms with van der Waals surface area (Å²) in [4.78, 5) is 50.9. The van der Waals surface area contributed by atoms with Crippen LogP contribution in [0.25, 0.3) is 0 Å². The molecule has 0 saturated carbocycles. The quantitative estimate of drug-likeness (QED) is 0.672. The van der Waals surface area contributed by atoms with E-state index in [2.05, 4.69) is 5.32 Å². The number of likely N-dealkylation sites (tertiary alicyclic amines) is 1. The maximum Gasteiger partial charge on any atom is 0.325 e. The second-order valence-corrected chi connectivity index (χ2v) is 6.78. The van der Waals surface area contributed by atoms with Crippen LogP contribution in [-0.2, 0) is 14.4 Å². The van der Waals surface area contributed by atoms with Gasteiger partial charge in [-0.25, -0.2) is 4.79 Å². The smallest absolute Gasteiger partial charge is 0.325 e. The maximum atomic E-state index is 12.7. The second kappa shape index (κ2) is 7.84. The third kappa shape index (κ3) is 3.93. The molecule has 0 spiro atoms. The number of nitrogens with zero attached hydrogens (tertiary/aromatic N) is 2. The van der Waals surface area contributed by atoms with Gasteiger partial charge in [-0.3, -0.25) is 19.3 Å². The Morgan fingerprint density at radius 2 is 1.92 bits per heavy atom. The first-order chi connectivity index (χ1) is 11.8. The zero-order valence-corrected chi connectivity index (χ0v) is 14.9. The number of hydrogen-bond donors (Lipinski definition) is 2. The fourth-order valence-electron chi connectivity index (χ4n) is 3.69. The fraction of sp³-hybridized carbons (Fsp3) is 0.765. The van der Waals surface area contributed by atoms with Crippen molar-refractivity contribution in [3.05, 3.63) is 0 Å². The number of imide groups is 1. The molecular formula is C17H27N3O5. The average molecular weight is 353 g/mol. The standard InChI is InChI=1S/C17H27N3O5/c1-3-17(4-2)15(24)20(16(25)18-17)11-13(21)19-10-6-5-7-12(19)8-9-14(22)23/h12H,3-11H2,1-2H3,(H,18,25)(H,22,23). The Morgan fingerprint density at radius 3 is 2.48 bits per heavy atom. The molecule has 1 unspecified atom stereocenters. The molecule has 2 saturated heterocycles. The van der Waals surface area contributed by atoms with Crippen LogP contribution < -0.4 is 5.32 Å². The highest BCUT2D eigenvalue weighted by atomic mass is 16.4. The van der Waals surface area contributed by atoms with Crippen LogP contribution in [-0.4, -0.2) is 63.4 Å². The van der Waals surface area contributed by atoms with Gasteiger partial charge >= 0.3 is 12.0 Å². The van der Waals surface area contributed by atoms with Crippen LogP contribution in [0.3, 0.4) is 0 Å². The van der Waals surface area contributed by atoms with Crippen LogP contribution in [0.1, 0.15) is 58.8 Å². The second-order valence-electron chi connectivity index (χ2n) is 6.78. The molecule has 4 amide bonds. The van der Waals surface area contributed by atoms with Crippen LogP contribution in [0.2, 0.25) is 0 Å². The van der Waals surface area contributed by atoms with Gasteiger partial charge in [-0.15, -0.1) is 0 Å². The van der Waals surface area contributed by atoms with Crippen molar-refractivity contribution in [2.45, 2.75) is 70.4 Å². The first kappa shape index (κ1) is 19.2. The van der Waals surface area contributed by atoms with E-state index < -0.39 is 17.5 Å². The number of piperidine rings is 1. The molecule has 2 N–H and O–H groups in total. The Bertz CT molecular complexity index is 558. The van der Waals surface area contributed by atoms with Gasteiger partial charge in [0.25, 0.3) is 5.91 Å². The average Bonchev–Trinajstić information content (AvgIpc) is 2.84. The third-order valence-electron chi connectivity index (χ3n) is 5.39. The predicted molar refractivity (Wildman–Crippen MR) is 89.8 cm³/mol. The van der Waals surface area contributed by atoms with E-state index in [1.54, 1.807) is 4.90 Å². The summed E-state index contributed by atoms with van der Waals surface area (Å²) in [6.07, 6.45) is 3.91. The zero-order chi connectivity index (χ0) is 18.6. The number of rotatable bonds is 7. The molecule has 140 valence electrons. The Hall–Kier alpha value is -2.12. The number of carboxylic acids is 1. The lowest BCUT2D eigenvalue weighted by Gasteiger charge is -2.36. The maximum absolute atomic E-state index is 12.7. The fourth-order valence-corrected chi connectivity index (χ4v) is 3.69. The van der Waals surface area contributed by atoms with Crippen molar-refractivity contribution in [2.24, 2.45) is 0 Å². The molecule has 2 fully saturated rings. The van der Waals surface area contributed by atoms with E-state index in [9.17, 15) is 19.2 Å². The van der Waals surface area contributed by atoms with Crippen molar-refractivity contribution in [1.82, 2.24) is 15.1 Å². The molecule has 0 aromatic carbocycles. The number of carbonyl (C=O) groups excluding carboxylic acids is 3. The van der Waals surface area contributed by atoms with Crippen LogP contribution in [0.15, 0.2) is 0 Å². The lowest BCUT2D eigenvalue weighted by Crippen LogP contribution is -2.50. The highest BCUT2D eigenvalue weighted by Gasteiger charge is 2.49. The van der Waals surface area contributed by atoms with Crippen molar-refractivity contribution in [2.75, 3.05) is 13.1 Å². The van der Waals surface area contributed by atoms with Gasteiger partial charge in [-0.1, -0.05) is 13.8 Å². The van der Waals surface area contributed by atoms with Gasteiger partial charge in [0.1, 0.15) is 12.1 Å². The highest BCUT2D eigenvalue weighted by Crippen LogP contribution is 2.26. The highest BCUT2D eigenvalue weighted by molar-refractivity contribution is 6.09. The number of urea groups is 1. The molecule has 0 aromatic heterocycles. The van der Waals surface area contributed by atoms with E-state index in [1.165, 1.54) is 0 Å². The zero-order valence-electron chi connectivity index (χ0n) is 14.9. The normalized spacial score (nSPS) is 22.9. The molecule has 0 aliphatic carbocycles. The van der Waals surface area contributed by atoms with E-state index in [0.717, 1.165) is 24.2 Å². The van der Waals surface area contributed by atoms with Crippen LogP contribution in [0.5, 0.6) is 0 Å². The topological polar surface area (TPSA) is 107 Å². The molecule has 2 heterocycles. The summed E-state index contributed by atoms with van der Waals surface area (Å²) < 4.78 is 0. The molecule has 0 bridgehead atoms. The third-order valence-corrected chi connectivity index (χ3v) is 5.39. The number of hydrogen-bond acceptors (Lipinski definition) is 4. The van der Waals surface area contributed by atoms with Crippen LogP contribution in [0.4, 0.5) is 4.79 Å². The summed E-state index contributed by atoms with van der Waals surface area (Å²) in [6, 6.07) is -0.665. The summed E-state index contributed by atoms with van der Waals surface area (Å²) >= 11 is 0. The summed E-state index contributed by atoms with van der Waals surface area (Å²) in [5, 5.41) is 11.6. The molecular weight excluding hydrogens is 326 g/mol. The van der Waals surface area contributed by atoms with Crippen LogP contribution in [0, 0.1) is 0 Å². The van der Waals surface area contributed by atoms with Gasteiger partial charge in [-0.05, 0) is 38.5 Å². The van der Waals surface area contributed by atoms with E-state index in [0.29, 0.717) is 25.8 Å². The van der Waals surface area contributed by atoms with E-state index in [1.807, 2.05) is 13.8 Å². The number of aliphatic carboxylic acids is 1. The van der Waals surface area contributed by atoms with Crippen molar-refractivity contribution in [3.63, 3.8) is 0 Å². The molecule has 8 heteroatoms. The minimum Gasteiger partial charge on any atom is -0.481 e. The molecule has 1 atom stereocenters. The largest absolute Gasteiger partial charge is 0.481 e. The van der Waals surface area contributed by atoms with Gasteiger partial charge < -0.3 is 15.3 Å². The number of amides is 4. The van der Waals surface area contributed by atoms with Crippen molar-refractivity contribution < 1.29 is 24.3 Å². The summed E-state index contributed by atoms with van der Waals surface area (Å²) in [5.74, 6) is -1.53. The number of carboxylic acid groups (broad SMARTS) is 1. The number of nitrogens with one attached hydrogen (secondary N) is 1. The first-order valence-corrected chi connectivity index (χ1v) is 9.00. The van der Waals surface area contributed by atoms with Gasteiger partial charge in [-0.2, -0.15) is 0 Å². The van der Waals surface area contributed by atoms with Gasteiger partial charge in [0.05, 0.1) is 0 Å². The Labute approximate surface area is 147 Å². The van der Waals surface area contributed by atoms with E-state index in [4.69, 9.17) is 5.11 Å². The Kier molecular flexibility index (Phi) is 6.02. The van der Waals surface area contributed by atoms with Crippen molar-refractivity contribution in [3.8, 4) is 0 Å². The van der Waals surface area contributed by atoms with Gasteiger partial charge in [0.2, 0.25) is 5.91 Å². The lowest BCUT2D eigenvalue weighted by molar-refractivity contribution is -0.142. The monoisotopic (exact) mass is 353 g/mol. The van der Waals surface area contributed by atoms with E-state index >= 15 is 0 Å². The Morgan fingerprint density at radius 1 is 1.24 bits per heavy atom. The summed E-state index contributed by atoms with van der Waals surface area (Å²) in [6.45, 7) is 3.93. The summed E-state index contributed by atoms with van der Waals surface area (Å²) in [7, 11) is 0. The molecule has 25 heavy (non-hydrogen) atoms. The predicted octanol–water partition coefficient (Wildman–Crippen LogP) is 1.34. The van der Waals surface area contributed by atoms with E-state index in [-0.39, 0.29) is 30.8 Å².